The van der Waals surface area contributed by atoms with Crippen molar-refractivity contribution in [1.82, 2.24) is 0 Å². The molecule has 1 aromatic carbocycles. The van der Waals surface area contributed by atoms with E-state index in [2.05, 4.69) is 15.9 Å². The first-order chi connectivity index (χ1) is 7.06. The molecule has 0 aliphatic carbocycles. The Labute approximate surface area is 96.2 Å². The highest BCUT2D eigenvalue weighted by atomic mass is 79.9. The molecule has 0 saturated heterocycles. The number of halogens is 2. The molecular formula is C11H12BrFO2. The lowest BCUT2D eigenvalue weighted by Gasteiger charge is -2.08. The van der Waals surface area contributed by atoms with Gasteiger partial charge in [0.2, 0.25) is 0 Å². The summed E-state index contributed by atoms with van der Waals surface area (Å²) in [6.45, 7) is 1.73. The van der Waals surface area contributed by atoms with E-state index in [4.69, 9.17) is 0 Å². The van der Waals surface area contributed by atoms with E-state index in [0.717, 1.165) is 0 Å². The first-order valence-electron chi connectivity index (χ1n) is 4.70. The number of aliphatic hydroxyl groups is 1. The van der Waals surface area contributed by atoms with Crippen molar-refractivity contribution >= 4 is 21.7 Å². The highest BCUT2D eigenvalue weighted by Gasteiger charge is 2.15. The third kappa shape index (κ3) is 3.11. The van der Waals surface area contributed by atoms with Crippen LogP contribution >= 0.6 is 15.9 Å². The van der Waals surface area contributed by atoms with Crippen LogP contribution in [0.15, 0.2) is 22.7 Å². The van der Waals surface area contributed by atoms with Crippen LogP contribution in [0, 0.1) is 5.82 Å². The van der Waals surface area contributed by atoms with E-state index >= 15 is 0 Å². The zero-order valence-corrected chi connectivity index (χ0v) is 9.92. The molecule has 1 unspecified atom stereocenters. The Bertz CT molecular complexity index is 366. The molecule has 0 aliphatic heterocycles. The molecule has 0 heterocycles. The summed E-state index contributed by atoms with van der Waals surface area (Å²) in [6.07, 6.45) is -0.528. The van der Waals surface area contributed by atoms with Crippen molar-refractivity contribution in [3.63, 3.8) is 0 Å². The van der Waals surface area contributed by atoms with Crippen molar-refractivity contribution in [2.75, 3.05) is 0 Å². The molecule has 1 atom stereocenters. The molecular weight excluding hydrogens is 263 g/mol. The van der Waals surface area contributed by atoms with Gasteiger partial charge in [0.25, 0.3) is 0 Å². The molecule has 0 radical (unpaired) electrons. The van der Waals surface area contributed by atoms with Gasteiger partial charge < -0.3 is 5.11 Å². The standard InChI is InChI=1S/C11H12BrFO2/c1-2-9(14)10(15)6-7-4-3-5-8(13)11(7)12/h3-5,9,14H,2,6H2,1H3. The lowest BCUT2D eigenvalue weighted by atomic mass is 10.0. The van der Waals surface area contributed by atoms with E-state index in [9.17, 15) is 14.3 Å². The minimum atomic E-state index is -0.958. The first kappa shape index (κ1) is 12.3. The first-order valence-corrected chi connectivity index (χ1v) is 5.49. The summed E-state index contributed by atoms with van der Waals surface area (Å²) in [5.74, 6) is -0.685. The fraction of sp³-hybridized carbons (Fsp3) is 0.364. The second-order valence-electron chi connectivity index (χ2n) is 3.28. The van der Waals surface area contributed by atoms with Crippen molar-refractivity contribution in [3.05, 3.63) is 34.1 Å². The normalized spacial score (nSPS) is 12.5. The molecule has 2 nitrogen and oxygen atoms in total. The van der Waals surface area contributed by atoms with Gasteiger partial charge in [-0.2, -0.15) is 0 Å². The molecule has 0 amide bonds. The number of carbonyl (C=O) groups excluding carboxylic acids is 1. The summed E-state index contributed by atoms with van der Waals surface area (Å²) in [5, 5.41) is 9.29. The highest BCUT2D eigenvalue weighted by molar-refractivity contribution is 9.10. The lowest BCUT2D eigenvalue weighted by Crippen LogP contribution is -2.21. The van der Waals surface area contributed by atoms with Crippen LogP contribution in [0.5, 0.6) is 0 Å². The van der Waals surface area contributed by atoms with Crippen molar-refractivity contribution in [3.8, 4) is 0 Å². The molecule has 4 heteroatoms. The molecule has 0 fully saturated rings. The zero-order chi connectivity index (χ0) is 11.4. The van der Waals surface area contributed by atoms with Gasteiger partial charge in [0, 0.05) is 6.42 Å². The molecule has 0 bridgehead atoms. The Kier molecular flexibility index (Phi) is 4.42. The minimum Gasteiger partial charge on any atom is -0.385 e. The monoisotopic (exact) mass is 274 g/mol. The average molecular weight is 275 g/mol. The van der Waals surface area contributed by atoms with Gasteiger partial charge in [0.05, 0.1) is 4.47 Å². The second kappa shape index (κ2) is 5.37. The van der Waals surface area contributed by atoms with Gasteiger partial charge in [0.1, 0.15) is 11.9 Å². The van der Waals surface area contributed by atoms with Gasteiger partial charge in [-0.25, -0.2) is 4.39 Å². The van der Waals surface area contributed by atoms with Crippen molar-refractivity contribution < 1.29 is 14.3 Å². The number of Topliss-reactive ketones (excluding diaryl/α,β-unsaturated/α-hetero) is 1. The predicted octanol–water partition coefficient (Wildman–Crippen LogP) is 2.47. The van der Waals surface area contributed by atoms with E-state index in [1.165, 1.54) is 6.07 Å². The third-order valence-corrected chi connectivity index (χ3v) is 3.04. The Morgan fingerprint density at radius 1 is 1.60 bits per heavy atom. The predicted molar refractivity (Wildman–Crippen MR) is 59.1 cm³/mol. The number of carbonyl (C=O) groups is 1. The summed E-state index contributed by atoms with van der Waals surface area (Å²) >= 11 is 3.07. The molecule has 0 aromatic heterocycles. The largest absolute Gasteiger partial charge is 0.385 e. The van der Waals surface area contributed by atoms with Crippen LogP contribution in [-0.4, -0.2) is 17.0 Å². The maximum Gasteiger partial charge on any atom is 0.165 e. The molecule has 15 heavy (non-hydrogen) atoms. The fourth-order valence-corrected chi connectivity index (χ4v) is 1.62. The summed E-state index contributed by atoms with van der Waals surface area (Å²) in [6, 6.07) is 4.52. The van der Waals surface area contributed by atoms with E-state index in [1.54, 1.807) is 19.1 Å². The molecule has 1 aromatic rings. The van der Waals surface area contributed by atoms with Gasteiger partial charge in [-0.1, -0.05) is 19.1 Å². The smallest absolute Gasteiger partial charge is 0.165 e. The summed E-state index contributed by atoms with van der Waals surface area (Å²) in [7, 11) is 0. The topological polar surface area (TPSA) is 37.3 Å². The van der Waals surface area contributed by atoms with Crippen LogP contribution in [0.25, 0.3) is 0 Å². The summed E-state index contributed by atoms with van der Waals surface area (Å²) in [4.78, 5) is 11.4. The number of hydrogen-bond donors (Lipinski definition) is 1. The van der Waals surface area contributed by atoms with Gasteiger partial charge in [-0.15, -0.1) is 0 Å². The Morgan fingerprint density at radius 2 is 2.27 bits per heavy atom. The Morgan fingerprint density at radius 3 is 2.87 bits per heavy atom. The maximum absolute atomic E-state index is 13.1. The number of benzene rings is 1. The number of ketones is 1. The van der Waals surface area contributed by atoms with Crippen LogP contribution in [0.3, 0.4) is 0 Å². The fourth-order valence-electron chi connectivity index (χ4n) is 1.22. The van der Waals surface area contributed by atoms with Crippen molar-refractivity contribution in [2.45, 2.75) is 25.9 Å². The van der Waals surface area contributed by atoms with Crippen LogP contribution in [0.1, 0.15) is 18.9 Å². The van der Waals surface area contributed by atoms with Crippen molar-refractivity contribution in [2.24, 2.45) is 0 Å². The lowest BCUT2D eigenvalue weighted by molar-refractivity contribution is -0.126. The molecule has 82 valence electrons. The molecule has 0 spiro atoms. The van der Waals surface area contributed by atoms with Crippen molar-refractivity contribution in [1.29, 1.82) is 0 Å². The average Bonchev–Trinajstić information content (AvgIpc) is 2.23. The number of hydrogen-bond acceptors (Lipinski definition) is 2. The molecule has 1 rings (SSSR count). The molecule has 0 saturated carbocycles. The van der Waals surface area contributed by atoms with E-state index in [0.29, 0.717) is 16.5 Å². The highest BCUT2D eigenvalue weighted by Crippen LogP contribution is 2.21. The summed E-state index contributed by atoms with van der Waals surface area (Å²) < 4.78 is 13.4. The van der Waals surface area contributed by atoms with E-state index < -0.39 is 11.9 Å². The minimum absolute atomic E-state index is 0.0490. The van der Waals surface area contributed by atoms with Gasteiger partial charge in [0.15, 0.2) is 5.78 Å². The quantitative estimate of drug-likeness (QED) is 0.916. The van der Waals surface area contributed by atoms with Crippen LogP contribution in [0.4, 0.5) is 4.39 Å². The van der Waals surface area contributed by atoms with Gasteiger partial charge in [-0.05, 0) is 34.0 Å². The van der Waals surface area contributed by atoms with Crippen LogP contribution in [0.2, 0.25) is 0 Å². The summed E-state index contributed by atoms with van der Waals surface area (Å²) in [5.41, 5.74) is 0.562. The second-order valence-corrected chi connectivity index (χ2v) is 4.07. The molecule has 1 N–H and O–H groups in total. The van der Waals surface area contributed by atoms with Gasteiger partial charge in [-0.3, -0.25) is 4.79 Å². The van der Waals surface area contributed by atoms with Crippen LogP contribution < -0.4 is 0 Å². The SMILES string of the molecule is CCC(O)C(=O)Cc1cccc(F)c1Br. The van der Waals surface area contributed by atoms with E-state index in [1.807, 2.05) is 0 Å². The number of rotatable bonds is 4. The third-order valence-electron chi connectivity index (χ3n) is 2.15. The van der Waals surface area contributed by atoms with Crippen LogP contribution in [-0.2, 0) is 11.2 Å². The zero-order valence-electron chi connectivity index (χ0n) is 8.34. The van der Waals surface area contributed by atoms with Gasteiger partial charge >= 0.3 is 0 Å². The Hall–Kier alpha value is -0.740. The van der Waals surface area contributed by atoms with E-state index in [-0.39, 0.29) is 12.2 Å². The maximum atomic E-state index is 13.1. The number of aliphatic hydroxyl groups excluding tert-OH is 1. The Balaban J connectivity index is 2.81. The molecule has 0 aliphatic rings.